The molecule has 26 heavy (non-hydrogen) atoms. The van der Waals surface area contributed by atoms with E-state index in [9.17, 15) is 0 Å². The predicted octanol–water partition coefficient (Wildman–Crippen LogP) is 3.04. The lowest BCUT2D eigenvalue weighted by Gasteiger charge is -2.48. The van der Waals surface area contributed by atoms with Gasteiger partial charge in [0.1, 0.15) is 0 Å². The fourth-order valence-corrected chi connectivity index (χ4v) is 6.73. The molecule has 4 aliphatic heterocycles. The van der Waals surface area contributed by atoms with Crippen LogP contribution in [0.3, 0.4) is 0 Å². The fraction of sp³-hybridized carbons (Fsp3) is 0.455. The number of rotatable bonds is 1. The van der Waals surface area contributed by atoms with Crippen LogP contribution >= 0.6 is 0 Å². The van der Waals surface area contributed by atoms with E-state index in [1.165, 1.54) is 35.3 Å². The summed E-state index contributed by atoms with van der Waals surface area (Å²) in [5, 5.41) is 7.79. The molecule has 0 aliphatic carbocycles. The van der Waals surface area contributed by atoms with E-state index in [-0.39, 0.29) is 10.8 Å². The molecule has 0 bridgehead atoms. The maximum atomic E-state index is 3.90. The third-order valence-corrected chi connectivity index (χ3v) is 7.73. The van der Waals surface area contributed by atoms with Gasteiger partial charge in [0.25, 0.3) is 0 Å². The summed E-state index contributed by atoms with van der Waals surface area (Å²) in [4.78, 5) is 5.07. The van der Waals surface area contributed by atoms with Crippen molar-refractivity contribution in [3.05, 3.63) is 59.7 Å². The van der Waals surface area contributed by atoms with Crippen LogP contribution in [0.5, 0.6) is 0 Å². The number of hydrogen-bond acceptors (Lipinski definition) is 4. The Bertz CT molecular complexity index is 822. The first-order chi connectivity index (χ1) is 12.7. The number of nitrogens with zero attached hydrogens (tertiary/aromatic N) is 2. The highest BCUT2D eigenvalue weighted by molar-refractivity contribution is 5.72. The lowest BCUT2D eigenvalue weighted by molar-refractivity contribution is 0.147. The van der Waals surface area contributed by atoms with Crippen LogP contribution < -0.4 is 10.6 Å². The van der Waals surface area contributed by atoms with Gasteiger partial charge in [0.15, 0.2) is 0 Å². The van der Waals surface area contributed by atoms with Gasteiger partial charge in [-0.05, 0) is 50.2 Å². The maximum absolute atomic E-state index is 3.90. The van der Waals surface area contributed by atoms with Gasteiger partial charge in [-0.3, -0.25) is 9.80 Å². The predicted molar refractivity (Wildman–Crippen MR) is 106 cm³/mol. The molecule has 2 fully saturated rings. The third-order valence-electron chi connectivity index (χ3n) is 7.73. The first-order valence-electron chi connectivity index (χ1n) is 9.81. The minimum Gasteiger partial charge on any atom is -0.369 e. The van der Waals surface area contributed by atoms with Crippen LogP contribution in [0.2, 0.25) is 0 Å². The van der Waals surface area contributed by atoms with Gasteiger partial charge in [-0.2, -0.15) is 0 Å². The van der Waals surface area contributed by atoms with Gasteiger partial charge < -0.3 is 10.6 Å². The van der Waals surface area contributed by atoms with E-state index < -0.39 is 0 Å². The average Bonchev–Trinajstić information content (AvgIpc) is 3.36. The Balaban J connectivity index is 1.68. The zero-order chi connectivity index (χ0) is 17.5. The molecule has 4 heterocycles. The van der Waals surface area contributed by atoms with Crippen LogP contribution in [0.4, 0.5) is 11.4 Å². The maximum Gasteiger partial charge on any atom is 0.0901 e. The number of likely N-dealkylation sites (N-methyl/N-ethyl adjacent to an activating group) is 2. The van der Waals surface area contributed by atoms with Crippen molar-refractivity contribution in [1.29, 1.82) is 0 Å². The van der Waals surface area contributed by atoms with Crippen molar-refractivity contribution in [2.75, 3.05) is 37.8 Å². The van der Waals surface area contributed by atoms with E-state index in [2.05, 4.69) is 83.1 Å². The Morgan fingerprint density at radius 1 is 0.731 bits per heavy atom. The molecule has 4 aliphatic rings. The quantitative estimate of drug-likeness (QED) is 0.831. The van der Waals surface area contributed by atoms with Crippen molar-refractivity contribution in [2.24, 2.45) is 0 Å². The van der Waals surface area contributed by atoms with Gasteiger partial charge in [-0.25, -0.2) is 0 Å². The smallest absolute Gasteiger partial charge is 0.0901 e. The van der Waals surface area contributed by atoms with Crippen molar-refractivity contribution in [2.45, 2.75) is 36.0 Å². The van der Waals surface area contributed by atoms with Crippen LogP contribution in [0.25, 0.3) is 0 Å². The van der Waals surface area contributed by atoms with Gasteiger partial charge in [0.05, 0.1) is 12.3 Å². The molecule has 2 aromatic carbocycles. The molecule has 4 heteroatoms. The number of fused-ring (bicyclic) bond motifs is 7. The van der Waals surface area contributed by atoms with E-state index in [1.807, 2.05) is 0 Å². The summed E-state index contributed by atoms with van der Waals surface area (Å²) in [6.07, 6.45) is 3.14. The topological polar surface area (TPSA) is 30.5 Å². The molecule has 0 amide bonds. The zero-order valence-corrected chi connectivity index (χ0v) is 15.5. The summed E-state index contributed by atoms with van der Waals surface area (Å²) < 4.78 is 0. The standard InChI is InChI=1S/C22H26N4/c1-25-13-11-21(15-7-3-5-9-17(15)23-19(21)25)22-12-14-26(2)20(22)24-18-10-6-4-8-16(18)22/h3-10,19-20,23-24H,11-14H2,1-2H3/t19-,20-,21+,22?/m1/s1. The SMILES string of the molecule is CN1CCC2([C@]34CCN(C)[C@H]3Nc3ccccc34)c3ccccc3N[C@H]12. The van der Waals surface area contributed by atoms with Crippen LogP contribution in [-0.2, 0) is 10.8 Å². The van der Waals surface area contributed by atoms with Gasteiger partial charge in [0.2, 0.25) is 0 Å². The van der Waals surface area contributed by atoms with E-state index in [0.29, 0.717) is 12.3 Å². The van der Waals surface area contributed by atoms with Crippen molar-refractivity contribution >= 4 is 11.4 Å². The first kappa shape index (κ1) is 15.1. The number of para-hydroxylation sites is 2. The van der Waals surface area contributed by atoms with E-state index in [0.717, 1.165) is 13.1 Å². The average molecular weight is 346 g/mol. The summed E-state index contributed by atoms with van der Waals surface area (Å²) in [6, 6.07) is 18.1. The number of nitrogens with one attached hydrogen (secondary N) is 2. The van der Waals surface area contributed by atoms with E-state index in [1.54, 1.807) is 0 Å². The molecule has 2 N–H and O–H groups in total. The van der Waals surface area contributed by atoms with Crippen LogP contribution in [0.15, 0.2) is 48.5 Å². The molecule has 4 atom stereocenters. The van der Waals surface area contributed by atoms with Gasteiger partial charge >= 0.3 is 0 Å². The summed E-state index contributed by atoms with van der Waals surface area (Å²) in [7, 11) is 4.56. The van der Waals surface area contributed by atoms with Crippen molar-refractivity contribution < 1.29 is 0 Å². The highest BCUT2D eigenvalue weighted by Gasteiger charge is 2.70. The summed E-state index contributed by atoms with van der Waals surface area (Å²) in [6.45, 7) is 2.29. The summed E-state index contributed by atoms with van der Waals surface area (Å²) in [5.74, 6) is 0. The second-order valence-electron chi connectivity index (χ2n) is 8.59. The second kappa shape index (κ2) is 4.81. The largest absolute Gasteiger partial charge is 0.369 e. The van der Waals surface area contributed by atoms with E-state index >= 15 is 0 Å². The molecule has 2 aromatic rings. The van der Waals surface area contributed by atoms with Gasteiger partial charge in [-0.15, -0.1) is 0 Å². The summed E-state index contributed by atoms with van der Waals surface area (Å²) in [5.41, 5.74) is 5.91. The van der Waals surface area contributed by atoms with Crippen molar-refractivity contribution in [1.82, 2.24) is 9.80 Å². The zero-order valence-electron chi connectivity index (χ0n) is 15.5. The minimum atomic E-state index is 0.105. The Hall–Kier alpha value is -2.04. The van der Waals surface area contributed by atoms with Gasteiger partial charge in [0, 0.05) is 35.3 Å². The monoisotopic (exact) mass is 346 g/mol. The molecule has 0 spiro atoms. The first-order valence-corrected chi connectivity index (χ1v) is 9.81. The molecule has 4 nitrogen and oxygen atoms in total. The highest BCUT2D eigenvalue weighted by Crippen LogP contribution is 2.65. The number of likely N-dealkylation sites (tertiary alicyclic amines) is 2. The van der Waals surface area contributed by atoms with Gasteiger partial charge in [-0.1, -0.05) is 36.4 Å². The molecular weight excluding hydrogens is 320 g/mol. The molecular formula is C22H26N4. The van der Waals surface area contributed by atoms with Crippen molar-refractivity contribution in [3.63, 3.8) is 0 Å². The van der Waals surface area contributed by atoms with Crippen LogP contribution in [0, 0.1) is 0 Å². The summed E-state index contributed by atoms with van der Waals surface area (Å²) >= 11 is 0. The Labute approximate surface area is 155 Å². The molecule has 6 rings (SSSR count). The molecule has 0 aromatic heterocycles. The minimum absolute atomic E-state index is 0.105. The Morgan fingerprint density at radius 2 is 1.15 bits per heavy atom. The molecule has 0 saturated carbocycles. The number of anilines is 2. The lowest BCUT2D eigenvalue weighted by Crippen LogP contribution is -2.60. The van der Waals surface area contributed by atoms with Crippen molar-refractivity contribution in [3.8, 4) is 0 Å². The number of hydrogen-bond donors (Lipinski definition) is 2. The molecule has 134 valence electrons. The normalized spacial score (nSPS) is 37.6. The third kappa shape index (κ3) is 1.47. The molecule has 0 radical (unpaired) electrons. The van der Waals surface area contributed by atoms with Crippen LogP contribution in [-0.4, -0.2) is 49.3 Å². The lowest BCUT2D eigenvalue weighted by atomic mass is 9.55. The highest BCUT2D eigenvalue weighted by atomic mass is 15.4. The fourth-order valence-electron chi connectivity index (χ4n) is 6.73. The molecule has 2 saturated heterocycles. The number of benzene rings is 2. The molecule has 1 unspecified atom stereocenters. The van der Waals surface area contributed by atoms with Crippen LogP contribution in [0.1, 0.15) is 24.0 Å². The van der Waals surface area contributed by atoms with E-state index in [4.69, 9.17) is 0 Å². The second-order valence-corrected chi connectivity index (χ2v) is 8.59. The Morgan fingerprint density at radius 3 is 1.62 bits per heavy atom. The Kier molecular flexibility index (Phi) is 2.79.